The van der Waals surface area contributed by atoms with Gasteiger partial charge < -0.3 is 10.5 Å². The molecule has 0 bridgehead atoms. The van der Waals surface area contributed by atoms with E-state index in [1.807, 2.05) is 66.8 Å². The minimum atomic E-state index is -1.03. The fourth-order valence-electron chi connectivity index (χ4n) is 3.57. The van der Waals surface area contributed by atoms with E-state index in [0.29, 0.717) is 5.06 Å². The highest BCUT2D eigenvalue weighted by atomic mass is 32.1. The van der Waals surface area contributed by atoms with E-state index >= 15 is 0 Å². The number of aromatic nitrogens is 1. The molecule has 30 heavy (non-hydrogen) atoms. The van der Waals surface area contributed by atoms with Gasteiger partial charge in [-0.2, -0.15) is 5.06 Å². The molecule has 0 fully saturated rings. The van der Waals surface area contributed by atoms with E-state index < -0.39 is 17.7 Å². The Morgan fingerprint density at radius 2 is 1.87 bits per heavy atom. The first kappa shape index (κ1) is 20.3. The van der Waals surface area contributed by atoms with E-state index in [1.165, 1.54) is 0 Å². The maximum Gasteiger partial charge on any atom is 0.338 e. The summed E-state index contributed by atoms with van der Waals surface area (Å²) >= 11 is 1.56. The van der Waals surface area contributed by atoms with Crippen LogP contribution in [0.2, 0.25) is 0 Å². The summed E-state index contributed by atoms with van der Waals surface area (Å²) in [5.41, 5.74) is 6.33. The first-order chi connectivity index (χ1) is 14.5. The molecule has 3 N–H and O–H groups in total. The van der Waals surface area contributed by atoms with Crippen molar-refractivity contribution in [2.75, 3.05) is 0 Å². The summed E-state index contributed by atoms with van der Waals surface area (Å²) in [5.74, 6) is 0.0818. The highest BCUT2D eigenvalue weighted by Gasteiger charge is 2.39. The molecule has 154 valence electrons. The van der Waals surface area contributed by atoms with Crippen LogP contribution >= 0.6 is 11.3 Å². The van der Waals surface area contributed by atoms with Crippen LogP contribution < -0.4 is 5.73 Å². The average Bonchev–Trinajstić information content (AvgIpc) is 3.21. The molecule has 6 nitrogen and oxygen atoms in total. The Hall–Kier alpha value is -3.00. The number of ether oxygens (including phenoxy) is 1. The third kappa shape index (κ3) is 4.00. The lowest BCUT2D eigenvalue weighted by Crippen LogP contribution is -2.53. The Morgan fingerprint density at radius 3 is 2.53 bits per heavy atom. The van der Waals surface area contributed by atoms with Gasteiger partial charge in [-0.05, 0) is 36.8 Å². The lowest BCUT2D eigenvalue weighted by Gasteiger charge is -2.39. The van der Waals surface area contributed by atoms with Crippen molar-refractivity contribution in [2.45, 2.75) is 31.1 Å². The van der Waals surface area contributed by atoms with Gasteiger partial charge in [-0.15, -0.1) is 11.3 Å². The number of thiazole rings is 1. The number of allylic oxidation sites excluding steroid dienone is 2. The van der Waals surface area contributed by atoms with Crippen LogP contribution in [0.1, 0.15) is 23.4 Å². The molecule has 1 aliphatic rings. The molecule has 0 aliphatic heterocycles. The summed E-state index contributed by atoms with van der Waals surface area (Å²) in [6, 6.07) is 16.3. The first-order valence-corrected chi connectivity index (χ1v) is 10.5. The van der Waals surface area contributed by atoms with Crippen molar-refractivity contribution in [1.29, 1.82) is 0 Å². The molecule has 2 aromatic carbocycles. The summed E-state index contributed by atoms with van der Waals surface area (Å²) < 4.78 is 7.35. The molecule has 1 unspecified atom stereocenters. The monoisotopic (exact) mass is 421 g/mol. The van der Waals surface area contributed by atoms with Gasteiger partial charge >= 0.3 is 6.03 Å². The van der Waals surface area contributed by atoms with E-state index in [0.717, 1.165) is 20.8 Å². The number of nitrogens with two attached hydrogens (primary N) is 1. The minimum Gasteiger partial charge on any atom is -0.357 e. The topological polar surface area (TPSA) is 88.7 Å². The first-order valence-electron chi connectivity index (χ1n) is 9.68. The minimum absolute atomic E-state index is 0.0818. The Morgan fingerprint density at radius 1 is 1.20 bits per heavy atom. The van der Waals surface area contributed by atoms with Crippen LogP contribution in [0, 0.1) is 0 Å². The van der Waals surface area contributed by atoms with Crippen LogP contribution in [-0.2, 0) is 11.3 Å². The molecule has 0 saturated heterocycles. The highest BCUT2D eigenvalue weighted by Crippen LogP contribution is 2.34. The molecule has 0 radical (unpaired) electrons. The predicted molar refractivity (Wildman–Crippen MR) is 117 cm³/mol. The molecule has 0 saturated carbocycles. The zero-order valence-electron chi connectivity index (χ0n) is 16.5. The Balaban J connectivity index is 1.60. The van der Waals surface area contributed by atoms with Crippen LogP contribution in [0.15, 0.2) is 78.9 Å². The summed E-state index contributed by atoms with van der Waals surface area (Å²) in [5, 5.41) is 11.5. The van der Waals surface area contributed by atoms with Gasteiger partial charge in [-0.3, -0.25) is 5.21 Å². The van der Waals surface area contributed by atoms with E-state index in [1.54, 1.807) is 18.3 Å². The molecule has 2 amide bonds. The second kappa shape index (κ2) is 8.39. The van der Waals surface area contributed by atoms with Crippen LogP contribution in [0.25, 0.3) is 10.2 Å². The van der Waals surface area contributed by atoms with Gasteiger partial charge in [0.15, 0.2) is 0 Å². The molecule has 7 heteroatoms. The van der Waals surface area contributed by atoms with Gasteiger partial charge in [0, 0.05) is 5.92 Å². The van der Waals surface area contributed by atoms with Crippen molar-refractivity contribution >= 4 is 27.6 Å². The lowest BCUT2D eigenvalue weighted by molar-refractivity contribution is -0.134. The van der Waals surface area contributed by atoms with Gasteiger partial charge in [0.05, 0.1) is 16.3 Å². The molecule has 1 heterocycles. The molecule has 0 spiro atoms. The summed E-state index contributed by atoms with van der Waals surface area (Å²) in [4.78, 5) is 16.2. The van der Waals surface area contributed by atoms with Gasteiger partial charge in [0.2, 0.25) is 0 Å². The zero-order valence-corrected chi connectivity index (χ0v) is 17.3. The third-order valence-electron chi connectivity index (χ3n) is 5.34. The number of nitrogens with zero attached hydrogens (tertiary/aromatic N) is 2. The summed E-state index contributed by atoms with van der Waals surface area (Å²) in [6.45, 7) is 1.93. The number of benzene rings is 2. The number of carbonyl (C=O) groups is 1. The number of hydroxylamine groups is 2. The van der Waals surface area contributed by atoms with Crippen molar-refractivity contribution in [3.05, 3.63) is 89.5 Å². The van der Waals surface area contributed by atoms with E-state index in [9.17, 15) is 10.0 Å². The van der Waals surface area contributed by atoms with Crippen molar-refractivity contribution in [3.8, 4) is 0 Å². The Kier molecular flexibility index (Phi) is 5.67. The van der Waals surface area contributed by atoms with Gasteiger partial charge in [-0.25, -0.2) is 9.78 Å². The molecule has 1 atom stereocenters. The number of hydrogen-bond acceptors (Lipinski definition) is 5. The number of urea groups is 1. The molecule has 3 aromatic rings. The standard InChI is InChI=1S/C23H23N3O3S/c1-16(26(28)22(24)27)23(13-11-18(12-14-23)17-7-3-2-4-8-17)29-15-21-25-19-9-5-6-10-20(19)30-21/h2-14,16,18,28H,15H2,1H3,(H2,24,27). The largest absolute Gasteiger partial charge is 0.357 e. The number of para-hydroxylation sites is 1. The van der Waals surface area contributed by atoms with Crippen molar-refractivity contribution < 1.29 is 14.7 Å². The van der Waals surface area contributed by atoms with E-state index in [-0.39, 0.29) is 12.5 Å². The Bertz CT molecular complexity index is 1050. The number of primary amides is 1. The second-order valence-electron chi connectivity index (χ2n) is 7.23. The number of amides is 2. The summed E-state index contributed by atoms with van der Waals surface area (Å²) in [6.07, 6.45) is 7.79. The van der Waals surface area contributed by atoms with Crippen molar-refractivity contribution in [2.24, 2.45) is 5.73 Å². The molecular weight excluding hydrogens is 398 g/mol. The van der Waals surface area contributed by atoms with Crippen LogP contribution in [-0.4, -0.2) is 32.9 Å². The fourth-order valence-corrected chi connectivity index (χ4v) is 4.45. The van der Waals surface area contributed by atoms with Crippen LogP contribution in [0.4, 0.5) is 4.79 Å². The highest BCUT2D eigenvalue weighted by molar-refractivity contribution is 7.18. The van der Waals surface area contributed by atoms with Gasteiger partial charge in [0.1, 0.15) is 17.2 Å². The normalized spacial score (nSPS) is 21.6. The number of carbonyl (C=O) groups excluding carboxylic acids is 1. The predicted octanol–water partition coefficient (Wildman–Crippen LogP) is 4.62. The van der Waals surface area contributed by atoms with Gasteiger partial charge in [-0.1, -0.05) is 54.6 Å². The molecule has 4 rings (SSSR count). The van der Waals surface area contributed by atoms with Crippen molar-refractivity contribution in [1.82, 2.24) is 10.0 Å². The number of fused-ring (bicyclic) bond motifs is 1. The third-order valence-corrected chi connectivity index (χ3v) is 6.35. The smallest absolute Gasteiger partial charge is 0.338 e. The van der Waals surface area contributed by atoms with Crippen LogP contribution in [0.3, 0.4) is 0 Å². The lowest BCUT2D eigenvalue weighted by atomic mass is 9.84. The average molecular weight is 422 g/mol. The maximum absolute atomic E-state index is 11.6. The molecular formula is C23H23N3O3S. The summed E-state index contributed by atoms with van der Waals surface area (Å²) in [7, 11) is 0. The fraction of sp³-hybridized carbons (Fsp3) is 0.217. The number of rotatable bonds is 6. The second-order valence-corrected chi connectivity index (χ2v) is 8.35. The maximum atomic E-state index is 11.6. The number of hydrogen-bond donors (Lipinski definition) is 2. The zero-order chi connectivity index (χ0) is 21.1. The van der Waals surface area contributed by atoms with E-state index in [4.69, 9.17) is 10.5 Å². The molecule has 1 aromatic heterocycles. The quantitative estimate of drug-likeness (QED) is 0.345. The van der Waals surface area contributed by atoms with Gasteiger partial charge in [0.25, 0.3) is 0 Å². The Labute approximate surface area is 178 Å². The molecule has 1 aliphatic carbocycles. The van der Waals surface area contributed by atoms with E-state index in [2.05, 4.69) is 17.1 Å². The van der Waals surface area contributed by atoms with Crippen molar-refractivity contribution in [3.63, 3.8) is 0 Å². The van der Waals surface area contributed by atoms with Crippen LogP contribution in [0.5, 0.6) is 0 Å². The SMILES string of the molecule is CC(N(O)C(N)=O)C1(OCc2nc3ccccc3s2)C=CC(c2ccccc2)C=C1.